The first-order chi connectivity index (χ1) is 12.7. The van der Waals surface area contributed by atoms with Crippen molar-refractivity contribution in [1.82, 2.24) is 4.31 Å². The molecule has 0 saturated heterocycles. The molecule has 148 valence electrons. The molecule has 8 heteroatoms. The molecule has 2 rings (SSSR count). The molecular formula is C19H24ClNO5S. The van der Waals surface area contributed by atoms with Gasteiger partial charge in [0.25, 0.3) is 0 Å². The first-order valence-electron chi connectivity index (χ1n) is 8.37. The van der Waals surface area contributed by atoms with Crippen molar-refractivity contribution < 1.29 is 23.0 Å². The Morgan fingerprint density at radius 2 is 1.67 bits per heavy atom. The van der Waals surface area contributed by atoms with Crippen molar-refractivity contribution >= 4 is 21.6 Å². The topological polar surface area (TPSA) is 76.1 Å². The molecule has 1 N–H and O–H groups in total. The summed E-state index contributed by atoms with van der Waals surface area (Å²) in [5.74, 6) is 1.02. The van der Waals surface area contributed by atoms with Crippen LogP contribution in [0.3, 0.4) is 0 Å². The fraction of sp³-hybridized carbons (Fsp3) is 0.368. The fourth-order valence-corrected chi connectivity index (χ4v) is 4.40. The standard InChI is InChI=1S/C19H24ClNO5S/c1-5-19(2,22)21(27(23,24)16-9-7-15(20)8-10-16)13-14-6-11-17(25-3)18(12-14)26-4/h6-12,22H,5,13H2,1-4H3. The van der Waals surface area contributed by atoms with Gasteiger partial charge < -0.3 is 14.6 Å². The highest BCUT2D eigenvalue weighted by molar-refractivity contribution is 7.89. The molecule has 0 amide bonds. The van der Waals surface area contributed by atoms with Crippen LogP contribution in [0.5, 0.6) is 11.5 Å². The summed E-state index contributed by atoms with van der Waals surface area (Å²) in [6.45, 7) is 3.16. The Balaban J connectivity index is 2.49. The molecule has 1 unspecified atom stereocenters. The number of halogens is 1. The second-order valence-electron chi connectivity index (χ2n) is 6.23. The normalized spacial score (nSPS) is 14.0. The van der Waals surface area contributed by atoms with Gasteiger partial charge >= 0.3 is 0 Å². The fourth-order valence-electron chi connectivity index (χ4n) is 2.57. The van der Waals surface area contributed by atoms with Crippen LogP contribution >= 0.6 is 11.6 Å². The van der Waals surface area contributed by atoms with Crippen molar-refractivity contribution in [1.29, 1.82) is 0 Å². The number of rotatable bonds is 8. The van der Waals surface area contributed by atoms with Crippen LogP contribution in [-0.2, 0) is 16.6 Å². The van der Waals surface area contributed by atoms with Crippen molar-refractivity contribution in [3.05, 3.63) is 53.1 Å². The SMILES string of the molecule is CCC(C)(O)N(Cc1ccc(OC)c(OC)c1)S(=O)(=O)c1ccc(Cl)cc1. The summed E-state index contributed by atoms with van der Waals surface area (Å²) in [5.41, 5.74) is -0.926. The molecule has 0 fully saturated rings. The molecule has 2 aromatic rings. The summed E-state index contributed by atoms with van der Waals surface area (Å²) in [4.78, 5) is 0.0566. The van der Waals surface area contributed by atoms with E-state index in [1.165, 1.54) is 45.4 Å². The maximum Gasteiger partial charge on any atom is 0.245 e. The first kappa shape index (κ1) is 21.5. The number of hydrogen-bond acceptors (Lipinski definition) is 5. The van der Waals surface area contributed by atoms with Gasteiger partial charge in [0.2, 0.25) is 10.0 Å². The van der Waals surface area contributed by atoms with Gasteiger partial charge in [-0.2, -0.15) is 4.31 Å². The highest BCUT2D eigenvalue weighted by atomic mass is 35.5. The summed E-state index contributed by atoms with van der Waals surface area (Å²) >= 11 is 5.87. The third-order valence-electron chi connectivity index (χ3n) is 4.38. The highest BCUT2D eigenvalue weighted by Crippen LogP contribution is 2.32. The minimum atomic E-state index is -3.97. The molecule has 1 atom stereocenters. The van der Waals surface area contributed by atoms with E-state index in [1.54, 1.807) is 25.1 Å². The molecule has 0 aliphatic rings. The number of ether oxygens (including phenoxy) is 2. The molecule has 27 heavy (non-hydrogen) atoms. The lowest BCUT2D eigenvalue weighted by Gasteiger charge is -2.35. The van der Waals surface area contributed by atoms with Crippen LogP contribution in [0.15, 0.2) is 47.4 Å². The summed E-state index contributed by atoms with van der Waals surface area (Å²) in [6.07, 6.45) is 0.215. The molecule has 0 spiro atoms. The third kappa shape index (κ3) is 4.73. The molecule has 0 heterocycles. The van der Waals surface area contributed by atoms with Gasteiger partial charge in [0, 0.05) is 11.6 Å². The largest absolute Gasteiger partial charge is 0.493 e. The molecule has 0 aliphatic heterocycles. The van der Waals surface area contributed by atoms with Gasteiger partial charge in [-0.25, -0.2) is 8.42 Å². The average molecular weight is 414 g/mol. The number of nitrogens with zero attached hydrogens (tertiary/aromatic N) is 1. The summed E-state index contributed by atoms with van der Waals surface area (Å²) in [5, 5.41) is 11.2. The second kappa shape index (κ2) is 8.48. The van der Waals surface area contributed by atoms with Crippen LogP contribution in [0, 0.1) is 0 Å². The monoisotopic (exact) mass is 413 g/mol. The Bertz CT molecular complexity index is 881. The zero-order chi connectivity index (χ0) is 20.2. The predicted octanol–water partition coefficient (Wildman–Crippen LogP) is 3.67. The quantitative estimate of drug-likeness (QED) is 0.668. The van der Waals surface area contributed by atoms with E-state index in [-0.39, 0.29) is 17.9 Å². The zero-order valence-corrected chi connectivity index (χ0v) is 17.3. The van der Waals surface area contributed by atoms with Crippen LogP contribution in [0.25, 0.3) is 0 Å². The smallest absolute Gasteiger partial charge is 0.245 e. The van der Waals surface area contributed by atoms with E-state index in [0.29, 0.717) is 22.1 Å². The average Bonchev–Trinajstić information content (AvgIpc) is 2.65. The maximum atomic E-state index is 13.2. The predicted molar refractivity (Wildman–Crippen MR) is 105 cm³/mol. The molecule has 0 aliphatic carbocycles. The Morgan fingerprint density at radius 3 is 2.19 bits per heavy atom. The minimum Gasteiger partial charge on any atom is -0.493 e. The molecule has 0 bridgehead atoms. The van der Waals surface area contributed by atoms with Gasteiger partial charge in [-0.3, -0.25) is 0 Å². The van der Waals surface area contributed by atoms with Gasteiger partial charge in [-0.05, 0) is 55.3 Å². The molecule has 0 aromatic heterocycles. The lowest BCUT2D eigenvalue weighted by atomic mass is 10.1. The van der Waals surface area contributed by atoms with E-state index in [1.807, 2.05) is 0 Å². The van der Waals surface area contributed by atoms with E-state index in [0.717, 1.165) is 4.31 Å². The van der Waals surface area contributed by atoms with Gasteiger partial charge in [0.1, 0.15) is 5.72 Å². The van der Waals surface area contributed by atoms with Crippen LogP contribution < -0.4 is 9.47 Å². The Hall–Kier alpha value is -1.80. The lowest BCUT2D eigenvalue weighted by Crippen LogP contribution is -2.48. The molecule has 2 aromatic carbocycles. The van der Waals surface area contributed by atoms with Gasteiger partial charge in [0.15, 0.2) is 11.5 Å². The second-order valence-corrected chi connectivity index (χ2v) is 8.52. The third-order valence-corrected chi connectivity index (χ3v) is 6.61. The Labute approximate surface area is 165 Å². The van der Waals surface area contributed by atoms with Crippen molar-refractivity contribution in [3.63, 3.8) is 0 Å². The van der Waals surface area contributed by atoms with Gasteiger partial charge in [-0.15, -0.1) is 0 Å². The van der Waals surface area contributed by atoms with E-state index in [4.69, 9.17) is 21.1 Å². The summed E-state index contributed by atoms with van der Waals surface area (Å²) in [6, 6.07) is 11.0. The van der Waals surface area contributed by atoms with Crippen LogP contribution in [-0.4, -0.2) is 37.8 Å². The number of sulfonamides is 1. The van der Waals surface area contributed by atoms with Crippen molar-refractivity contribution in [2.24, 2.45) is 0 Å². The number of benzene rings is 2. The van der Waals surface area contributed by atoms with Crippen LogP contribution in [0.4, 0.5) is 0 Å². The maximum absolute atomic E-state index is 13.2. The number of hydrogen-bond donors (Lipinski definition) is 1. The Kier molecular flexibility index (Phi) is 6.75. The van der Waals surface area contributed by atoms with E-state index < -0.39 is 15.7 Å². The first-order valence-corrected chi connectivity index (χ1v) is 10.2. The van der Waals surface area contributed by atoms with Crippen LogP contribution in [0.1, 0.15) is 25.8 Å². The highest BCUT2D eigenvalue weighted by Gasteiger charge is 2.38. The number of methoxy groups -OCH3 is 2. The van der Waals surface area contributed by atoms with Crippen LogP contribution in [0.2, 0.25) is 5.02 Å². The van der Waals surface area contributed by atoms with Crippen molar-refractivity contribution in [2.45, 2.75) is 37.4 Å². The molecule has 0 radical (unpaired) electrons. The van der Waals surface area contributed by atoms with Crippen molar-refractivity contribution in [3.8, 4) is 11.5 Å². The zero-order valence-electron chi connectivity index (χ0n) is 15.8. The Morgan fingerprint density at radius 1 is 1.07 bits per heavy atom. The van der Waals surface area contributed by atoms with Crippen molar-refractivity contribution in [2.75, 3.05) is 14.2 Å². The summed E-state index contributed by atoms with van der Waals surface area (Å²) in [7, 11) is -0.938. The van der Waals surface area contributed by atoms with E-state index in [2.05, 4.69) is 0 Å². The minimum absolute atomic E-state index is 0.0356. The molecule has 0 saturated carbocycles. The number of aliphatic hydroxyl groups is 1. The molecule has 6 nitrogen and oxygen atoms in total. The lowest BCUT2D eigenvalue weighted by molar-refractivity contribution is -0.0509. The van der Waals surface area contributed by atoms with E-state index in [9.17, 15) is 13.5 Å². The van der Waals surface area contributed by atoms with Gasteiger partial charge in [-0.1, -0.05) is 24.6 Å². The van der Waals surface area contributed by atoms with Gasteiger partial charge in [0.05, 0.1) is 19.1 Å². The summed E-state index contributed by atoms with van der Waals surface area (Å²) < 4.78 is 38.0. The van der Waals surface area contributed by atoms with E-state index >= 15 is 0 Å². The molecular weight excluding hydrogens is 390 g/mol.